The minimum Gasteiger partial charge on any atom is -0.507 e. The summed E-state index contributed by atoms with van der Waals surface area (Å²) in [4.78, 5) is 11.3. The number of aryl methyl sites for hydroxylation is 1. The Morgan fingerprint density at radius 3 is 2.78 bits per heavy atom. The number of benzene rings is 2. The van der Waals surface area contributed by atoms with Crippen LogP contribution in [0.3, 0.4) is 0 Å². The van der Waals surface area contributed by atoms with E-state index >= 15 is 0 Å². The Morgan fingerprint density at radius 1 is 1.22 bits per heavy atom. The zero-order valence-electron chi connectivity index (χ0n) is 15.1. The Labute approximate surface area is 157 Å². The van der Waals surface area contributed by atoms with E-state index in [0.717, 1.165) is 29.9 Å². The van der Waals surface area contributed by atoms with Crippen molar-refractivity contribution < 1.29 is 24.5 Å². The zero-order valence-corrected chi connectivity index (χ0v) is 15.1. The quantitative estimate of drug-likeness (QED) is 0.562. The van der Waals surface area contributed by atoms with Crippen LogP contribution in [0.2, 0.25) is 0 Å². The molecule has 0 saturated carbocycles. The van der Waals surface area contributed by atoms with Crippen LogP contribution in [0, 0.1) is 0 Å². The van der Waals surface area contributed by atoms with E-state index in [1.165, 1.54) is 12.1 Å². The number of nitrogens with two attached hydrogens (primary N) is 1. The average molecular weight is 372 g/mol. The SMILES string of the molecule is C[C@@H](CCc1ccc2c(c1)OCO2)NC[C@H](O)c1ccc(O)c(C(N)=O)c1. The predicted molar refractivity (Wildman–Crippen MR) is 99.9 cm³/mol. The first kappa shape index (κ1) is 19.0. The molecule has 1 heterocycles. The first-order valence-electron chi connectivity index (χ1n) is 8.86. The molecule has 27 heavy (non-hydrogen) atoms. The maximum atomic E-state index is 11.3. The summed E-state index contributed by atoms with van der Waals surface area (Å²) < 4.78 is 10.7. The molecule has 1 aliphatic rings. The molecule has 2 aromatic rings. The van der Waals surface area contributed by atoms with E-state index in [1.54, 1.807) is 6.07 Å². The highest BCUT2D eigenvalue weighted by Gasteiger charge is 2.15. The zero-order chi connectivity index (χ0) is 19.4. The first-order valence-corrected chi connectivity index (χ1v) is 8.86. The van der Waals surface area contributed by atoms with Crippen molar-refractivity contribution in [2.24, 2.45) is 5.73 Å². The number of aliphatic hydroxyl groups excluding tert-OH is 1. The number of amides is 1. The Bertz CT molecular complexity index is 824. The van der Waals surface area contributed by atoms with Crippen LogP contribution in [0.5, 0.6) is 17.2 Å². The van der Waals surface area contributed by atoms with Gasteiger partial charge in [0.05, 0.1) is 11.7 Å². The van der Waals surface area contributed by atoms with Crippen LogP contribution in [0.25, 0.3) is 0 Å². The lowest BCUT2D eigenvalue weighted by Crippen LogP contribution is -2.31. The van der Waals surface area contributed by atoms with Crippen molar-refractivity contribution in [1.29, 1.82) is 0 Å². The Morgan fingerprint density at radius 2 is 2.00 bits per heavy atom. The summed E-state index contributed by atoms with van der Waals surface area (Å²) in [5, 5.41) is 23.2. The highest BCUT2D eigenvalue weighted by molar-refractivity contribution is 5.95. The molecule has 2 atom stereocenters. The maximum Gasteiger partial charge on any atom is 0.252 e. The number of primary amides is 1. The fourth-order valence-electron chi connectivity index (χ4n) is 2.97. The van der Waals surface area contributed by atoms with Crippen LogP contribution in [0.15, 0.2) is 36.4 Å². The van der Waals surface area contributed by atoms with Gasteiger partial charge in [-0.1, -0.05) is 12.1 Å². The van der Waals surface area contributed by atoms with Crippen LogP contribution in [-0.4, -0.2) is 35.5 Å². The molecular formula is C20H24N2O5. The molecule has 7 nitrogen and oxygen atoms in total. The summed E-state index contributed by atoms with van der Waals surface area (Å²) in [6.07, 6.45) is 0.942. The number of hydrogen-bond acceptors (Lipinski definition) is 6. The van der Waals surface area contributed by atoms with Crippen molar-refractivity contribution in [2.45, 2.75) is 31.9 Å². The molecule has 0 aliphatic carbocycles. The molecule has 0 spiro atoms. The Balaban J connectivity index is 1.49. The van der Waals surface area contributed by atoms with Gasteiger partial charge in [-0.05, 0) is 55.2 Å². The van der Waals surface area contributed by atoms with E-state index in [-0.39, 0.29) is 24.1 Å². The van der Waals surface area contributed by atoms with Gasteiger partial charge in [0.2, 0.25) is 6.79 Å². The van der Waals surface area contributed by atoms with E-state index in [2.05, 4.69) is 5.32 Å². The highest BCUT2D eigenvalue weighted by Crippen LogP contribution is 2.32. The summed E-state index contributed by atoms with van der Waals surface area (Å²) in [5.74, 6) is 0.633. The van der Waals surface area contributed by atoms with E-state index < -0.39 is 12.0 Å². The number of fused-ring (bicyclic) bond motifs is 1. The smallest absolute Gasteiger partial charge is 0.252 e. The number of phenols is 1. The van der Waals surface area contributed by atoms with Gasteiger partial charge in [0, 0.05) is 12.6 Å². The lowest BCUT2D eigenvalue weighted by molar-refractivity contribution is 0.0997. The van der Waals surface area contributed by atoms with Crippen molar-refractivity contribution in [3.63, 3.8) is 0 Å². The molecule has 7 heteroatoms. The molecule has 3 rings (SSSR count). The number of rotatable bonds is 8. The van der Waals surface area contributed by atoms with Crippen LogP contribution in [-0.2, 0) is 6.42 Å². The second-order valence-electron chi connectivity index (χ2n) is 6.69. The van der Waals surface area contributed by atoms with Crippen molar-refractivity contribution in [2.75, 3.05) is 13.3 Å². The number of ether oxygens (including phenoxy) is 2. The molecule has 0 unspecified atom stereocenters. The number of hydrogen-bond donors (Lipinski definition) is 4. The molecular weight excluding hydrogens is 348 g/mol. The fraction of sp³-hybridized carbons (Fsp3) is 0.350. The van der Waals surface area contributed by atoms with Gasteiger partial charge in [0.15, 0.2) is 11.5 Å². The standard InChI is InChI=1S/C20H24N2O5/c1-12(2-3-13-4-7-18-19(8-13)27-11-26-18)22-10-17(24)14-5-6-16(23)15(9-14)20(21)25/h4-9,12,17,22-24H,2-3,10-11H2,1H3,(H2,21,25)/t12-,17-/m0/s1. The van der Waals surface area contributed by atoms with E-state index in [9.17, 15) is 15.0 Å². The number of nitrogens with one attached hydrogen (secondary N) is 1. The molecule has 0 bridgehead atoms. The van der Waals surface area contributed by atoms with Gasteiger partial charge in [-0.25, -0.2) is 0 Å². The topological polar surface area (TPSA) is 114 Å². The number of aliphatic hydroxyl groups is 1. The van der Waals surface area contributed by atoms with Gasteiger partial charge in [-0.15, -0.1) is 0 Å². The summed E-state index contributed by atoms with van der Waals surface area (Å²) in [7, 11) is 0. The highest BCUT2D eigenvalue weighted by atomic mass is 16.7. The predicted octanol–water partition coefficient (Wildman–Crippen LogP) is 1.86. The maximum absolute atomic E-state index is 11.3. The van der Waals surface area contributed by atoms with Crippen LogP contribution >= 0.6 is 0 Å². The Hall–Kier alpha value is -2.77. The summed E-state index contributed by atoms with van der Waals surface area (Å²) >= 11 is 0. The number of carbonyl (C=O) groups is 1. The van der Waals surface area contributed by atoms with Gasteiger partial charge in [-0.3, -0.25) is 4.79 Å². The lowest BCUT2D eigenvalue weighted by atomic mass is 10.0. The normalized spacial score (nSPS) is 14.7. The second kappa shape index (κ2) is 8.28. The van der Waals surface area contributed by atoms with Crippen LogP contribution in [0.1, 0.15) is 40.9 Å². The third-order valence-electron chi connectivity index (χ3n) is 4.63. The van der Waals surface area contributed by atoms with Gasteiger partial charge >= 0.3 is 0 Å². The number of carbonyl (C=O) groups excluding carboxylic acids is 1. The van der Waals surface area contributed by atoms with Gasteiger partial charge in [0.1, 0.15) is 5.75 Å². The third-order valence-corrected chi connectivity index (χ3v) is 4.63. The summed E-state index contributed by atoms with van der Waals surface area (Å²) in [6, 6.07) is 10.5. The lowest BCUT2D eigenvalue weighted by Gasteiger charge is -2.18. The summed E-state index contributed by atoms with van der Waals surface area (Å²) in [5.41, 5.74) is 6.91. The monoisotopic (exact) mass is 372 g/mol. The molecule has 1 aliphatic heterocycles. The van der Waals surface area contributed by atoms with Crippen molar-refractivity contribution in [1.82, 2.24) is 5.32 Å². The molecule has 5 N–H and O–H groups in total. The van der Waals surface area contributed by atoms with E-state index in [0.29, 0.717) is 12.1 Å². The molecule has 2 aromatic carbocycles. The van der Waals surface area contributed by atoms with Crippen molar-refractivity contribution in [3.05, 3.63) is 53.1 Å². The van der Waals surface area contributed by atoms with E-state index in [4.69, 9.17) is 15.2 Å². The minimum atomic E-state index is -0.809. The molecule has 144 valence electrons. The van der Waals surface area contributed by atoms with Crippen LogP contribution in [0.4, 0.5) is 0 Å². The molecule has 0 aromatic heterocycles. The minimum absolute atomic E-state index is 0.00223. The third kappa shape index (κ3) is 4.69. The Kier molecular flexibility index (Phi) is 5.83. The second-order valence-corrected chi connectivity index (χ2v) is 6.69. The van der Waals surface area contributed by atoms with E-state index in [1.807, 2.05) is 25.1 Å². The van der Waals surface area contributed by atoms with Crippen molar-refractivity contribution in [3.8, 4) is 17.2 Å². The fourth-order valence-corrected chi connectivity index (χ4v) is 2.97. The van der Waals surface area contributed by atoms with Gasteiger partial charge < -0.3 is 30.7 Å². The summed E-state index contributed by atoms with van der Waals surface area (Å²) in [6.45, 7) is 2.64. The van der Waals surface area contributed by atoms with Crippen molar-refractivity contribution >= 4 is 5.91 Å². The average Bonchev–Trinajstić information content (AvgIpc) is 3.12. The van der Waals surface area contributed by atoms with Gasteiger partial charge in [0.25, 0.3) is 5.91 Å². The van der Waals surface area contributed by atoms with Gasteiger partial charge in [-0.2, -0.15) is 0 Å². The molecule has 1 amide bonds. The first-order chi connectivity index (χ1) is 12.9. The largest absolute Gasteiger partial charge is 0.507 e. The molecule has 0 saturated heterocycles. The van der Waals surface area contributed by atoms with Crippen LogP contribution < -0.4 is 20.5 Å². The molecule has 0 fully saturated rings. The molecule has 0 radical (unpaired) electrons. The number of aromatic hydroxyl groups is 1.